The summed E-state index contributed by atoms with van der Waals surface area (Å²) in [5.74, 6) is -0.322. The third-order valence-electron chi connectivity index (χ3n) is 4.17. The third-order valence-corrected chi connectivity index (χ3v) is 4.17. The van der Waals surface area contributed by atoms with Crippen LogP contribution in [0.5, 0.6) is 0 Å². The quantitative estimate of drug-likeness (QED) is 0.600. The molecule has 0 saturated carbocycles. The van der Waals surface area contributed by atoms with Crippen LogP contribution in [0, 0.1) is 11.3 Å². The molecule has 2 heteroatoms. The summed E-state index contributed by atoms with van der Waals surface area (Å²) < 4.78 is 0. The molecule has 0 aromatic heterocycles. The summed E-state index contributed by atoms with van der Waals surface area (Å²) in [6, 6.07) is 18.1. The standard InChI is InChI=1S/C19H20O2/c1-14(2)19(3,17(20)15-10-6-4-7-11-15)18(21)16-12-8-5-9-13-16/h4-14H,1-3H3. The van der Waals surface area contributed by atoms with Crippen molar-refractivity contribution in [3.63, 3.8) is 0 Å². The van der Waals surface area contributed by atoms with Crippen LogP contribution in [-0.4, -0.2) is 11.6 Å². The summed E-state index contributed by atoms with van der Waals surface area (Å²) in [7, 11) is 0. The van der Waals surface area contributed by atoms with Crippen molar-refractivity contribution in [1.29, 1.82) is 0 Å². The zero-order valence-corrected chi connectivity index (χ0v) is 12.7. The molecule has 0 atom stereocenters. The molecule has 0 aliphatic heterocycles. The monoisotopic (exact) mass is 280 g/mol. The second-order valence-electron chi connectivity index (χ2n) is 5.75. The van der Waals surface area contributed by atoms with Gasteiger partial charge in [-0.3, -0.25) is 9.59 Å². The highest BCUT2D eigenvalue weighted by atomic mass is 16.2. The van der Waals surface area contributed by atoms with Gasteiger partial charge in [-0.15, -0.1) is 0 Å². The largest absolute Gasteiger partial charge is 0.293 e. The van der Waals surface area contributed by atoms with E-state index < -0.39 is 5.41 Å². The molecule has 0 radical (unpaired) electrons. The number of benzene rings is 2. The van der Waals surface area contributed by atoms with Crippen LogP contribution in [0.3, 0.4) is 0 Å². The molecule has 0 N–H and O–H groups in total. The minimum Gasteiger partial charge on any atom is -0.293 e. The number of hydrogen-bond acceptors (Lipinski definition) is 2. The predicted octanol–water partition coefficient (Wildman–Crippen LogP) is 4.41. The lowest BCUT2D eigenvalue weighted by Crippen LogP contribution is -2.41. The first-order chi connectivity index (χ1) is 9.98. The van der Waals surface area contributed by atoms with Gasteiger partial charge in [-0.2, -0.15) is 0 Å². The first-order valence-corrected chi connectivity index (χ1v) is 7.17. The maximum absolute atomic E-state index is 12.9. The highest BCUT2D eigenvalue weighted by molar-refractivity contribution is 6.19. The second-order valence-corrected chi connectivity index (χ2v) is 5.75. The first kappa shape index (κ1) is 15.2. The Labute approximate surface area is 125 Å². The molecule has 2 rings (SSSR count). The molecule has 0 spiro atoms. The zero-order chi connectivity index (χ0) is 15.5. The predicted molar refractivity (Wildman–Crippen MR) is 84.5 cm³/mol. The lowest BCUT2D eigenvalue weighted by Gasteiger charge is -2.31. The van der Waals surface area contributed by atoms with Crippen molar-refractivity contribution in [2.45, 2.75) is 20.8 Å². The van der Waals surface area contributed by atoms with E-state index in [1.54, 1.807) is 31.2 Å². The number of carbonyl (C=O) groups excluding carboxylic acids is 2. The van der Waals surface area contributed by atoms with Gasteiger partial charge in [0, 0.05) is 11.1 Å². The van der Waals surface area contributed by atoms with Crippen LogP contribution >= 0.6 is 0 Å². The van der Waals surface area contributed by atoms with E-state index in [4.69, 9.17) is 0 Å². The van der Waals surface area contributed by atoms with E-state index >= 15 is 0 Å². The highest BCUT2D eigenvalue weighted by Crippen LogP contribution is 2.35. The van der Waals surface area contributed by atoms with E-state index in [1.807, 2.05) is 50.2 Å². The van der Waals surface area contributed by atoms with E-state index in [1.165, 1.54) is 0 Å². The first-order valence-electron chi connectivity index (χ1n) is 7.17. The molecule has 0 heterocycles. The van der Waals surface area contributed by atoms with Gasteiger partial charge < -0.3 is 0 Å². The van der Waals surface area contributed by atoms with Gasteiger partial charge in [-0.05, 0) is 12.8 Å². The minimum atomic E-state index is -1.05. The molecular formula is C19H20O2. The summed E-state index contributed by atoms with van der Waals surface area (Å²) in [4.78, 5) is 25.8. The number of ketones is 2. The van der Waals surface area contributed by atoms with Gasteiger partial charge in [0.05, 0.1) is 5.41 Å². The molecule has 2 aromatic rings. The SMILES string of the molecule is CC(C)C(C)(C(=O)c1ccccc1)C(=O)c1ccccc1. The smallest absolute Gasteiger partial charge is 0.176 e. The van der Waals surface area contributed by atoms with E-state index in [0.29, 0.717) is 11.1 Å². The molecule has 0 bridgehead atoms. The summed E-state index contributed by atoms with van der Waals surface area (Å²) in [5.41, 5.74) is 0.110. The average molecular weight is 280 g/mol. The van der Waals surface area contributed by atoms with E-state index in [9.17, 15) is 9.59 Å². The van der Waals surface area contributed by atoms with Gasteiger partial charge in [0.15, 0.2) is 11.6 Å². The summed E-state index contributed by atoms with van der Waals surface area (Å²) >= 11 is 0. The maximum atomic E-state index is 12.9. The van der Waals surface area contributed by atoms with Crippen molar-refractivity contribution in [3.05, 3.63) is 71.8 Å². The Balaban J connectivity index is 2.47. The molecule has 2 aromatic carbocycles. The Kier molecular flexibility index (Phi) is 4.37. The Morgan fingerprint density at radius 1 is 0.762 bits per heavy atom. The molecule has 0 saturated heterocycles. The molecule has 21 heavy (non-hydrogen) atoms. The number of carbonyl (C=O) groups is 2. The van der Waals surface area contributed by atoms with Crippen molar-refractivity contribution in [2.75, 3.05) is 0 Å². The molecule has 0 amide bonds. The lowest BCUT2D eigenvalue weighted by atomic mass is 9.68. The maximum Gasteiger partial charge on any atom is 0.176 e. The van der Waals surface area contributed by atoms with E-state index in [-0.39, 0.29) is 17.5 Å². The van der Waals surface area contributed by atoms with Crippen LogP contribution in [0.1, 0.15) is 41.5 Å². The van der Waals surface area contributed by atoms with Crippen molar-refractivity contribution >= 4 is 11.6 Å². The molecule has 0 fully saturated rings. The van der Waals surface area contributed by atoms with Crippen molar-refractivity contribution < 1.29 is 9.59 Å². The van der Waals surface area contributed by atoms with Crippen molar-refractivity contribution in [1.82, 2.24) is 0 Å². The number of Topliss-reactive ketones (excluding diaryl/α,β-unsaturated/α-hetero) is 2. The summed E-state index contributed by atoms with van der Waals surface area (Å²) in [6.45, 7) is 5.59. The number of hydrogen-bond donors (Lipinski definition) is 0. The zero-order valence-electron chi connectivity index (χ0n) is 12.7. The van der Waals surface area contributed by atoms with Gasteiger partial charge >= 0.3 is 0 Å². The molecule has 0 aliphatic carbocycles. The van der Waals surface area contributed by atoms with Crippen LogP contribution in [0.25, 0.3) is 0 Å². The fourth-order valence-corrected chi connectivity index (χ4v) is 2.41. The average Bonchev–Trinajstić information content (AvgIpc) is 2.54. The van der Waals surface area contributed by atoms with Gasteiger partial charge in [0.25, 0.3) is 0 Å². The van der Waals surface area contributed by atoms with Gasteiger partial charge in [0.2, 0.25) is 0 Å². The topological polar surface area (TPSA) is 34.1 Å². The Hall–Kier alpha value is -2.22. The van der Waals surface area contributed by atoms with Crippen molar-refractivity contribution in [3.8, 4) is 0 Å². The lowest BCUT2D eigenvalue weighted by molar-refractivity contribution is 0.0613. The second kappa shape index (κ2) is 6.04. The summed E-state index contributed by atoms with van der Waals surface area (Å²) in [6.07, 6.45) is 0. The Morgan fingerprint density at radius 2 is 1.10 bits per heavy atom. The van der Waals surface area contributed by atoms with Crippen LogP contribution in [0.4, 0.5) is 0 Å². The van der Waals surface area contributed by atoms with Gasteiger partial charge in [-0.1, -0.05) is 74.5 Å². The van der Waals surface area contributed by atoms with Crippen LogP contribution in [0.15, 0.2) is 60.7 Å². The summed E-state index contributed by atoms with van der Waals surface area (Å²) in [5, 5.41) is 0. The van der Waals surface area contributed by atoms with Gasteiger partial charge in [-0.25, -0.2) is 0 Å². The van der Waals surface area contributed by atoms with E-state index in [0.717, 1.165) is 0 Å². The molecular weight excluding hydrogens is 260 g/mol. The normalized spacial score (nSPS) is 11.4. The fraction of sp³-hybridized carbons (Fsp3) is 0.263. The Bertz CT molecular complexity index is 576. The Morgan fingerprint density at radius 3 is 1.38 bits per heavy atom. The van der Waals surface area contributed by atoms with E-state index in [2.05, 4.69) is 0 Å². The van der Waals surface area contributed by atoms with Crippen LogP contribution < -0.4 is 0 Å². The molecule has 2 nitrogen and oxygen atoms in total. The van der Waals surface area contributed by atoms with Crippen LogP contribution in [-0.2, 0) is 0 Å². The number of rotatable bonds is 5. The molecule has 0 unspecified atom stereocenters. The van der Waals surface area contributed by atoms with Crippen molar-refractivity contribution in [2.24, 2.45) is 11.3 Å². The highest BCUT2D eigenvalue weighted by Gasteiger charge is 2.44. The minimum absolute atomic E-state index is 0.0853. The van der Waals surface area contributed by atoms with Crippen LogP contribution in [0.2, 0.25) is 0 Å². The fourth-order valence-electron chi connectivity index (χ4n) is 2.41. The molecule has 108 valence electrons. The molecule has 0 aliphatic rings. The van der Waals surface area contributed by atoms with Gasteiger partial charge in [0.1, 0.15) is 0 Å². The third kappa shape index (κ3) is 2.80.